The Morgan fingerprint density at radius 3 is 2.83 bits per heavy atom. The van der Waals surface area contributed by atoms with Gasteiger partial charge in [-0.05, 0) is 43.0 Å². The normalized spacial score (nSPS) is 17.6. The molecule has 1 unspecified atom stereocenters. The van der Waals surface area contributed by atoms with Crippen molar-refractivity contribution in [1.82, 2.24) is 14.7 Å². The molecule has 128 valence electrons. The first-order valence-electron chi connectivity index (χ1n) is 8.15. The molecule has 2 amide bonds. The molecular formula is C17H22ClN5O. The highest BCUT2D eigenvalue weighted by molar-refractivity contribution is 6.30. The number of nitrogens with one attached hydrogen (secondary N) is 2. The molecule has 1 atom stereocenters. The standard InChI is InChI=1S/C17H22ClN5O/c1-22-10-8-16(21-22)20-17(24)23-9-2-3-13(12-23)11-19-15-6-4-14(18)5-7-15/h4-8,10,13,19H,2-3,9,11-12H2,1H3,(H,20,21,24). The molecule has 1 aromatic heterocycles. The summed E-state index contributed by atoms with van der Waals surface area (Å²) in [5, 5.41) is 11.2. The average Bonchev–Trinajstić information content (AvgIpc) is 2.99. The van der Waals surface area contributed by atoms with E-state index < -0.39 is 0 Å². The van der Waals surface area contributed by atoms with Gasteiger partial charge in [-0.1, -0.05) is 11.6 Å². The fraction of sp³-hybridized carbons (Fsp3) is 0.412. The molecule has 1 saturated heterocycles. The van der Waals surface area contributed by atoms with Crippen molar-refractivity contribution in [3.8, 4) is 0 Å². The van der Waals surface area contributed by atoms with Crippen LogP contribution in [0.5, 0.6) is 0 Å². The van der Waals surface area contributed by atoms with Gasteiger partial charge >= 0.3 is 6.03 Å². The van der Waals surface area contributed by atoms with Crippen molar-refractivity contribution in [3.63, 3.8) is 0 Å². The van der Waals surface area contributed by atoms with Crippen molar-refractivity contribution in [2.45, 2.75) is 12.8 Å². The number of aromatic nitrogens is 2. The molecular weight excluding hydrogens is 326 g/mol. The van der Waals surface area contributed by atoms with Crippen LogP contribution in [0.15, 0.2) is 36.5 Å². The number of halogens is 1. The first kappa shape index (κ1) is 16.6. The predicted octanol–water partition coefficient (Wildman–Crippen LogP) is 3.43. The van der Waals surface area contributed by atoms with E-state index in [4.69, 9.17) is 11.6 Å². The molecule has 2 heterocycles. The number of likely N-dealkylation sites (tertiary alicyclic amines) is 1. The van der Waals surface area contributed by atoms with Crippen molar-refractivity contribution in [3.05, 3.63) is 41.6 Å². The van der Waals surface area contributed by atoms with Crippen LogP contribution in [-0.4, -0.2) is 40.3 Å². The number of carbonyl (C=O) groups is 1. The summed E-state index contributed by atoms with van der Waals surface area (Å²) in [7, 11) is 1.83. The van der Waals surface area contributed by atoms with E-state index in [-0.39, 0.29) is 6.03 Å². The summed E-state index contributed by atoms with van der Waals surface area (Å²) >= 11 is 5.90. The topological polar surface area (TPSA) is 62.2 Å². The van der Waals surface area contributed by atoms with E-state index in [0.717, 1.165) is 43.2 Å². The van der Waals surface area contributed by atoms with E-state index >= 15 is 0 Å². The number of nitrogens with zero attached hydrogens (tertiary/aromatic N) is 3. The molecule has 2 aromatic rings. The van der Waals surface area contributed by atoms with Gasteiger partial charge in [0.05, 0.1) is 0 Å². The molecule has 7 heteroatoms. The molecule has 2 N–H and O–H groups in total. The third-order valence-electron chi connectivity index (χ3n) is 4.19. The second kappa shape index (κ2) is 7.57. The summed E-state index contributed by atoms with van der Waals surface area (Å²) in [6.07, 6.45) is 3.95. The summed E-state index contributed by atoms with van der Waals surface area (Å²) < 4.78 is 1.67. The van der Waals surface area contributed by atoms with E-state index in [1.165, 1.54) is 0 Å². The van der Waals surface area contributed by atoms with Crippen LogP contribution in [0, 0.1) is 5.92 Å². The molecule has 1 aliphatic rings. The molecule has 0 radical (unpaired) electrons. The maximum atomic E-state index is 12.4. The number of aryl methyl sites for hydroxylation is 1. The van der Waals surface area contributed by atoms with Crippen LogP contribution >= 0.6 is 11.6 Å². The monoisotopic (exact) mass is 347 g/mol. The van der Waals surface area contributed by atoms with E-state index in [9.17, 15) is 4.79 Å². The lowest BCUT2D eigenvalue weighted by atomic mass is 9.98. The van der Waals surface area contributed by atoms with Gasteiger partial charge in [0.15, 0.2) is 5.82 Å². The Hall–Kier alpha value is -2.21. The predicted molar refractivity (Wildman–Crippen MR) is 96.5 cm³/mol. The minimum absolute atomic E-state index is 0.0788. The van der Waals surface area contributed by atoms with Gasteiger partial charge in [0.2, 0.25) is 0 Å². The average molecular weight is 348 g/mol. The molecule has 6 nitrogen and oxygen atoms in total. The first-order chi connectivity index (χ1) is 11.6. The number of piperidine rings is 1. The number of rotatable bonds is 4. The summed E-state index contributed by atoms with van der Waals surface area (Å²) in [6, 6.07) is 9.40. The molecule has 0 bridgehead atoms. The van der Waals surface area contributed by atoms with Gasteiger partial charge in [0, 0.05) is 49.7 Å². The second-order valence-corrected chi connectivity index (χ2v) is 6.58. The molecule has 24 heavy (non-hydrogen) atoms. The van der Waals surface area contributed by atoms with Crippen molar-refractivity contribution < 1.29 is 4.79 Å². The van der Waals surface area contributed by atoms with Crippen LogP contribution in [0.1, 0.15) is 12.8 Å². The van der Waals surface area contributed by atoms with E-state index in [2.05, 4.69) is 15.7 Å². The largest absolute Gasteiger partial charge is 0.385 e. The summed E-state index contributed by atoms with van der Waals surface area (Å²) in [5.74, 6) is 1.02. The van der Waals surface area contributed by atoms with Gasteiger partial charge in [0.25, 0.3) is 0 Å². The number of carbonyl (C=O) groups excluding carboxylic acids is 1. The Balaban J connectivity index is 1.50. The molecule has 0 aliphatic carbocycles. The summed E-state index contributed by atoms with van der Waals surface area (Å²) in [4.78, 5) is 14.2. The molecule has 0 saturated carbocycles. The minimum atomic E-state index is -0.0788. The Morgan fingerprint density at radius 1 is 1.33 bits per heavy atom. The van der Waals surface area contributed by atoms with Gasteiger partial charge in [-0.25, -0.2) is 4.79 Å². The fourth-order valence-corrected chi connectivity index (χ4v) is 3.04. The number of benzene rings is 1. The maximum Gasteiger partial charge on any atom is 0.323 e. The summed E-state index contributed by atoms with van der Waals surface area (Å²) in [6.45, 7) is 2.38. The van der Waals surface area contributed by atoms with Crippen LogP contribution in [0.2, 0.25) is 5.02 Å². The zero-order chi connectivity index (χ0) is 16.9. The van der Waals surface area contributed by atoms with Crippen LogP contribution < -0.4 is 10.6 Å². The molecule has 3 rings (SSSR count). The van der Waals surface area contributed by atoms with E-state index in [1.54, 1.807) is 10.7 Å². The molecule has 1 aromatic carbocycles. The Kier molecular flexibility index (Phi) is 5.25. The molecule has 1 aliphatic heterocycles. The van der Waals surface area contributed by atoms with Gasteiger partial charge in [-0.2, -0.15) is 5.10 Å². The van der Waals surface area contributed by atoms with Crippen LogP contribution in [-0.2, 0) is 7.05 Å². The van der Waals surface area contributed by atoms with Gasteiger partial charge in [0.1, 0.15) is 0 Å². The number of anilines is 2. The second-order valence-electron chi connectivity index (χ2n) is 6.15. The van der Waals surface area contributed by atoms with Crippen molar-refractivity contribution >= 4 is 29.1 Å². The van der Waals surface area contributed by atoms with Gasteiger partial charge in [-0.15, -0.1) is 0 Å². The molecule has 0 spiro atoms. The van der Waals surface area contributed by atoms with Crippen LogP contribution in [0.4, 0.5) is 16.3 Å². The van der Waals surface area contributed by atoms with Crippen molar-refractivity contribution in [1.29, 1.82) is 0 Å². The van der Waals surface area contributed by atoms with E-state index in [1.807, 2.05) is 42.4 Å². The Morgan fingerprint density at radius 2 is 2.12 bits per heavy atom. The number of hydrogen-bond acceptors (Lipinski definition) is 3. The highest BCUT2D eigenvalue weighted by atomic mass is 35.5. The Labute approximate surface area is 146 Å². The van der Waals surface area contributed by atoms with Gasteiger partial charge in [-0.3, -0.25) is 10.00 Å². The summed E-state index contributed by atoms with van der Waals surface area (Å²) in [5.41, 5.74) is 1.05. The quantitative estimate of drug-likeness (QED) is 0.890. The highest BCUT2D eigenvalue weighted by Crippen LogP contribution is 2.19. The third kappa shape index (κ3) is 4.41. The van der Waals surface area contributed by atoms with E-state index in [0.29, 0.717) is 11.7 Å². The minimum Gasteiger partial charge on any atom is -0.385 e. The zero-order valence-electron chi connectivity index (χ0n) is 13.7. The lowest BCUT2D eigenvalue weighted by molar-refractivity contribution is 0.180. The zero-order valence-corrected chi connectivity index (χ0v) is 14.5. The molecule has 1 fully saturated rings. The SMILES string of the molecule is Cn1ccc(NC(=O)N2CCCC(CNc3ccc(Cl)cc3)C2)n1. The highest BCUT2D eigenvalue weighted by Gasteiger charge is 2.23. The smallest absolute Gasteiger partial charge is 0.323 e. The number of hydrogen-bond donors (Lipinski definition) is 2. The maximum absolute atomic E-state index is 12.4. The van der Waals surface area contributed by atoms with Gasteiger partial charge < -0.3 is 10.2 Å². The number of amides is 2. The fourth-order valence-electron chi connectivity index (χ4n) is 2.92. The number of urea groups is 1. The van der Waals surface area contributed by atoms with Crippen molar-refractivity contribution in [2.24, 2.45) is 13.0 Å². The Bertz CT molecular complexity index is 685. The lowest BCUT2D eigenvalue weighted by Crippen LogP contribution is -2.44. The van der Waals surface area contributed by atoms with Crippen LogP contribution in [0.25, 0.3) is 0 Å². The van der Waals surface area contributed by atoms with Crippen molar-refractivity contribution in [2.75, 3.05) is 30.3 Å². The first-order valence-corrected chi connectivity index (χ1v) is 8.53. The third-order valence-corrected chi connectivity index (χ3v) is 4.45. The lowest BCUT2D eigenvalue weighted by Gasteiger charge is -2.32. The van der Waals surface area contributed by atoms with Crippen LogP contribution in [0.3, 0.4) is 0 Å².